The van der Waals surface area contributed by atoms with Crippen molar-refractivity contribution in [3.8, 4) is 11.5 Å². The molecule has 0 saturated heterocycles. The van der Waals surface area contributed by atoms with Crippen LogP contribution in [0.15, 0.2) is 23.4 Å². The molecule has 0 bridgehead atoms. The highest BCUT2D eigenvalue weighted by Crippen LogP contribution is 2.31. The number of oxime groups is 1. The van der Waals surface area contributed by atoms with Gasteiger partial charge in [0.2, 0.25) is 13.4 Å². The summed E-state index contributed by atoms with van der Waals surface area (Å²) in [6, 6.07) is 5.25. The summed E-state index contributed by atoms with van der Waals surface area (Å²) in [5, 5.41) is 11.8. The SMILES string of the molecule is O=C(O)CON=Cc1ccc2c(c1)OCO2. The molecule has 16 heavy (non-hydrogen) atoms. The Bertz CT molecular complexity index is 429. The average molecular weight is 223 g/mol. The lowest BCUT2D eigenvalue weighted by Gasteiger charge is -1.97. The number of ether oxygens (including phenoxy) is 2. The van der Waals surface area contributed by atoms with E-state index in [0.29, 0.717) is 11.5 Å². The number of rotatable bonds is 4. The third-order valence-corrected chi connectivity index (χ3v) is 1.86. The zero-order valence-corrected chi connectivity index (χ0v) is 8.25. The van der Waals surface area contributed by atoms with E-state index in [1.807, 2.05) is 0 Å². The van der Waals surface area contributed by atoms with E-state index in [-0.39, 0.29) is 6.79 Å². The smallest absolute Gasteiger partial charge is 0.344 e. The van der Waals surface area contributed by atoms with Crippen LogP contribution >= 0.6 is 0 Å². The van der Waals surface area contributed by atoms with Gasteiger partial charge in [0.1, 0.15) is 0 Å². The summed E-state index contributed by atoms with van der Waals surface area (Å²) >= 11 is 0. The maximum absolute atomic E-state index is 10.1. The number of fused-ring (bicyclic) bond motifs is 1. The average Bonchev–Trinajstić information content (AvgIpc) is 2.71. The Balaban J connectivity index is 1.97. The van der Waals surface area contributed by atoms with Gasteiger partial charge < -0.3 is 19.4 Å². The van der Waals surface area contributed by atoms with Crippen molar-refractivity contribution < 1.29 is 24.2 Å². The molecule has 0 saturated carbocycles. The minimum atomic E-state index is -1.07. The van der Waals surface area contributed by atoms with E-state index < -0.39 is 12.6 Å². The molecule has 1 aliphatic heterocycles. The number of hydrogen-bond acceptors (Lipinski definition) is 5. The summed E-state index contributed by atoms with van der Waals surface area (Å²) in [5.74, 6) is 0.258. The van der Waals surface area contributed by atoms with Crippen molar-refractivity contribution in [3.63, 3.8) is 0 Å². The molecule has 0 amide bonds. The molecule has 2 rings (SSSR count). The van der Waals surface area contributed by atoms with Crippen LogP contribution in [0.4, 0.5) is 0 Å². The minimum absolute atomic E-state index is 0.214. The van der Waals surface area contributed by atoms with Gasteiger partial charge in [0.25, 0.3) is 0 Å². The number of aliphatic carboxylic acids is 1. The first-order valence-electron chi connectivity index (χ1n) is 4.52. The highest BCUT2D eigenvalue weighted by atomic mass is 16.7. The predicted octanol–water partition coefficient (Wildman–Crippen LogP) is 0.850. The van der Waals surface area contributed by atoms with Crippen molar-refractivity contribution >= 4 is 12.2 Å². The highest BCUT2D eigenvalue weighted by Gasteiger charge is 2.12. The third-order valence-electron chi connectivity index (χ3n) is 1.86. The van der Waals surface area contributed by atoms with E-state index in [1.165, 1.54) is 6.21 Å². The fraction of sp³-hybridized carbons (Fsp3) is 0.200. The van der Waals surface area contributed by atoms with Crippen molar-refractivity contribution in [2.24, 2.45) is 5.16 Å². The Morgan fingerprint density at radius 1 is 1.50 bits per heavy atom. The molecule has 0 radical (unpaired) electrons. The Hall–Kier alpha value is -2.24. The Kier molecular flexibility index (Phi) is 2.90. The van der Waals surface area contributed by atoms with Gasteiger partial charge in [0, 0.05) is 5.56 Å². The van der Waals surface area contributed by atoms with Gasteiger partial charge in [-0.15, -0.1) is 0 Å². The number of carboxylic acid groups (broad SMARTS) is 1. The van der Waals surface area contributed by atoms with Crippen LogP contribution < -0.4 is 9.47 Å². The van der Waals surface area contributed by atoms with E-state index >= 15 is 0 Å². The second-order valence-electron chi connectivity index (χ2n) is 3.01. The number of benzene rings is 1. The fourth-order valence-corrected chi connectivity index (χ4v) is 1.18. The van der Waals surface area contributed by atoms with Crippen molar-refractivity contribution in [2.75, 3.05) is 13.4 Å². The zero-order chi connectivity index (χ0) is 11.4. The number of carbonyl (C=O) groups is 1. The van der Waals surface area contributed by atoms with E-state index in [4.69, 9.17) is 14.6 Å². The van der Waals surface area contributed by atoms with Crippen molar-refractivity contribution in [1.29, 1.82) is 0 Å². The quantitative estimate of drug-likeness (QED) is 0.604. The van der Waals surface area contributed by atoms with Gasteiger partial charge in [-0.2, -0.15) is 0 Å². The minimum Gasteiger partial charge on any atom is -0.479 e. The maximum atomic E-state index is 10.1. The molecule has 0 unspecified atom stereocenters. The lowest BCUT2D eigenvalue weighted by molar-refractivity contribution is -0.142. The summed E-state index contributed by atoms with van der Waals surface area (Å²) in [4.78, 5) is 14.6. The third kappa shape index (κ3) is 2.41. The molecule has 1 aromatic rings. The van der Waals surface area contributed by atoms with E-state index in [9.17, 15) is 4.79 Å². The molecule has 0 fully saturated rings. The summed E-state index contributed by atoms with van der Waals surface area (Å²) in [5.41, 5.74) is 0.745. The second kappa shape index (κ2) is 4.52. The van der Waals surface area contributed by atoms with Crippen LogP contribution in [-0.4, -0.2) is 30.7 Å². The molecule has 1 heterocycles. The Morgan fingerprint density at radius 3 is 3.12 bits per heavy atom. The van der Waals surface area contributed by atoms with Crippen LogP contribution in [0.25, 0.3) is 0 Å². The predicted molar refractivity (Wildman–Crippen MR) is 53.7 cm³/mol. The maximum Gasteiger partial charge on any atom is 0.344 e. The molecule has 0 aliphatic carbocycles. The number of nitrogens with zero attached hydrogens (tertiary/aromatic N) is 1. The van der Waals surface area contributed by atoms with Gasteiger partial charge in [-0.3, -0.25) is 0 Å². The summed E-state index contributed by atoms with van der Waals surface area (Å²) in [6.07, 6.45) is 1.41. The Labute approximate surface area is 91.0 Å². The highest BCUT2D eigenvalue weighted by molar-refractivity contribution is 5.80. The lowest BCUT2D eigenvalue weighted by Crippen LogP contribution is -2.03. The molecule has 6 heteroatoms. The van der Waals surface area contributed by atoms with E-state index in [1.54, 1.807) is 18.2 Å². The lowest BCUT2D eigenvalue weighted by atomic mass is 10.2. The first-order chi connectivity index (χ1) is 7.75. The molecule has 6 nitrogen and oxygen atoms in total. The number of carboxylic acids is 1. The molecular weight excluding hydrogens is 214 g/mol. The van der Waals surface area contributed by atoms with Gasteiger partial charge in [0.05, 0.1) is 6.21 Å². The number of hydrogen-bond donors (Lipinski definition) is 1. The van der Waals surface area contributed by atoms with Crippen molar-refractivity contribution in [1.82, 2.24) is 0 Å². The van der Waals surface area contributed by atoms with E-state index in [2.05, 4.69) is 9.99 Å². The first-order valence-corrected chi connectivity index (χ1v) is 4.52. The van der Waals surface area contributed by atoms with Gasteiger partial charge in [0.15, 0.2) is 11.5 Å². The summed E-state index contributed by atoms with van der Waals surface area (Å²) in [7, 11) is 0. The largest absolute Gasteiger partial charge is 0.479 e. The van der Waals surface area contributed by atoms with Crippen LogP contribution in [0.2, 0.25) is 0 Å². The van der Waals surface area contributed by atoms with Gasteiger partial charge in [-0.05, 0) is 18.2 Å². The summed E-state index contributed by atoms with van der Waals surface area (Å²) in [6.45, 7) is -0.244. The fourth-order valence-electron chi connectivity index (χ4n) is 1.18. The van der Waals surface area contributed by atoms with Crippen LogP contribution in [0, 0.1) is 0 Å². The van der Waals surface area contributed by atoms with Gasteiger partial charge >= 0.3 is 5.97 Å². The monoisotopic (exact) mass is 223 g/mol. The second-order valence-corrected chi connectivity index (χ2v) is 3.01. The molecule has 1 aliphatic rings. The van der Waals surface area contributed by atoms with Crippen LogP contribution in [-0.2, 0) is 9.63 Å². The standard InChI is InChI=1S/C10H9NO5/c12-10(13)5-16-11-4-7-1-2-8-9(3-7)15-6-14-8/h1-4H,5-6H2,(H,12,13). The van der Waals surface area contributed by atoms with Gasteiger partial charge in [-0.1, -0.05) is 5.16 Å². The van der Waals surface area contributed by atoms with Crippen LogP contribution in [0.1, 0.15) is 5.56 Å². The summed E-state index contributed by atoms with van der Waals surface area (Å²) < 4.78 is 10.3. The van der Waals surface area contributed by atoms with Gasteiger partial charge in [-0.25, -0.2) is 4.79 Å². The molecule has 84 valence electrons. The molecule has 0 aromatic heterocycles. The first kappa shape index (κ1) is 10.3. The Morgan fingerprint density at radius 2 is 2.31 bits per heavy atom. The molecule has 0 spiro atoms. The van der Waals surface area contributed by atoms with Crippen molar-refractivity contribution in [3.05, 3.63) is 23.8 Å². The molecule has 0 atom stereocenters. The normalized spacial score (nSPS) is 13.0. The van der Waals surface area contributed by atoms with Crippen LogP contribution in [0.5, 0.6) is 11.5 Å². The van der Waals surface area contributed by atoms with E-state index in [0.717, 1.165) is 5.56 Å². The zero-order valence-electron chi connectivity index (χ0n) is 8.25. The van der Waals surface area contributed by atoms with Crippen LogP contribution in [0.3, 0.4) is 0 Å². The molecular formula is C10H9NO5. The molecule has 1 N–H and O–H groups in total. The van der Waals surface area contributed by atoms with Crippen molar-refractivity contribution in [2.45, 2.75) is 0 Å². The topological polar surface area (TPSA) is 77.4 Å². The molecule has 1 aromatic carbocycles.